The molecule has 0 radical (unpaired) electrons. The zero-order valence-electron chi connectivity index (χ0n) is 11.1. The quantitative estimate of drug-likeness (QED) is 0.874. The fraction of sp³-hybridized carbons (Fsp3) is 0.385. The Bertz CT molecular complexity index is 739. The van der Waals surface area contributed by atoms with Crippen molar-refractivity contribution in [1.29, 1.82) is 0 Å². The molecule has 2 atom stereocenters. The number of hydrogen-bond donors (Lipinski definition) is 1. The number of ether oxygens (including phenoxy) is 1. The predicted octanol–water partition coefficient (Wildman–Crippen LogP) is 0.541. The Hall–Kier alpha value is -2.09. The summed E-state index contributed by atoms with van der Waals surface area (Å²) >= 11 is 0. The van der Waals surface area contributed by atoms with Gasteiger partial charge in [0.25, 0.3) is 0 Å². The van der Waals surface area contributed by atoms with Crippen LogP contribution >= 0.6 is 0 Å². The minimum atomic E-state index is -3.13. The monoisotopic (exact) mass is 311 g/mol. The fourth-order valence-corrected chi connectivity index (χ4v) is 4.52. The predicted molar refractivity (Wildman–Crippen MR) is 73.5 cm³/mol. The van der Waals surface area contributed by atoms with Gasteiger partial charge in [0, 0.05) is 5.56 Å². The number of carboxylic acids is 1. The molecule has 1 saturated heterocycles. The van der Waals surface area contributed by atoms with E-state index in [1.165, 1.54) is 19.2 Å². The molecule has 0 bridgehead atoms. The molecule has 0 aromatic heterocycles. The Balaban J connectivity index is 1.98. The number of carbonyl (C=O) groups is 1. The summed E-state index contributed by atoms with van der Waals surface area (Å²) in [5, 5.41) is 13.1. The molecule has 0 aliphatic carbocycles. The van der Waals surface area contributed by atoms with Crippen LogP contribution in [-0.4, -0.2) is 49.9 Å². The van der Waals surface area contributed by atoms with Crippen LogP contribution in [0.1, 0.15) is 15.9 Å². The normalized spacial score (nSPS) is 25.9. The van der Waals surface area contributed by atoms with E-state index >= 15 is 0 Å². The van der Waals surface area contributed by atoms with Crippen molar-refractivity contribution >= 4 is 21.5 Å². The highest BCUT2D eigenvalue weighted by molar-refractivity contribution is 7.91. The van der Waals surface area contributed by atoms with Gasteiger partial charge in [-0.2, -0.15) is 0 Å². The van der Waals surface area contributed by atoms with E-state index in [4.69, 9.17) is 9.57 Å². The number of nitrogens with zero attached hydrogens (tertiary/aromatic N) is 1. The minimum Gasteiger partial charge on any atom is -0.496 e. The van der Waals surface area contributed by atoms with Crippen LogP contribution in [0, 0.1) is 5.92 Å². The third-order valence-electron chi connectivity index (χ3n) is 3.66. The molecule has 21 heavy (non-hydrogen) atoms. The Kier molecular flexibility index (Phi) is 3.12. The van der Waals surface area contributed by atoms with Gasteiger partial charge in [0.2, 0.25) is 0 Å². The van der Waals surface area contributed by atoms with E-state index in [1.54, 1.807) is 6.07 Å². The maximum Gasteiger partial charge on any atom is 0.339 e. The molecule has 2 heterocycles. The molecule has 112 valence electrons. The Labute approximate surface area is 121 Å². The molecule has 2 aliphatic heterocycles. The van der Waals surface area contributed by atoms with Crippen LogP contribution in [0.15, 0.2) is 23.4 Å². The van der Waals surface area contributed by atoms with Crippen LogP contribution < -0.4 is 4.74 Å². The molecule has 0 saturated carbocycles. The van der Waals surface area contributed by atoms with Gasteiger partial charge in [-0.25, -0.2) is 13.2 Å². The SMILES string of the molecule is COc1ccc(C2=NOC3CS(=O)(=O)CC23)cc1C(=O)O. The second-order valence-electron chi connectivity index (χ2n) is 5.02. The maximum absolute atomic E-state index is 11.6. The number of aromatic carboxylic acids is 1. The van der Waals surface area contributed by atoms with E-state index in [0.29, 0.717) is 11.3 Å². The van der Waals surface area contributed by atoms with Gasteiger partial charge >= 0.3 is 5.97 Å². The molecule has 0 spiro atoms. The number of hydrogen-bond acceptors (Lipinski definition) is 6. The Morgan fingerprint density at radius 3 is 2.86 bits per heavy atom. The standard InChI is InChI=1S/C13H13NO6S/c1-19-10-3-2-7(4-8(10)13(15)16)12-9-5-21(17,18)6-11(9)20-14-12/h2-4,9,11H,5-6H2,1H3,(H,15,16). The van der Waals surface area contributed by atoms with Crippen LogP contribution in [0.4, 0.5) is 0 Å². The summed E-state index contributed by atoms with van der Waals surface area (Å²) in [5.74, 6) is -1.30. The molecule has 1 fully saturated rings. The van der Waals surface area contributed by atoms with E-state index in [0.717, 1.165) is 0 Å². The molecule has 8 heteroatoms. The maximum atomic E-state index is 11.6. The molecule has 2 unspecified atom stereocenters. The van der Waals surface area contributed by atoms with Crippen molar-refractivity contribution in [3.05, 3.63) is 29.3 Å². The van der Waals surface area contributed by atoms with Crippen molar-refractivity contribution in [2.45, 2.75) is 6.10 Å². The third kappa shape index (κ3) is 2.35. The van der Waals surface area contributed by atoms with Crippen molar-refractivity contribution in [2.75, 3.05) is 18.6 Å². The highest BCUT2D eigenvalue weighted by atomic mass is 32.2. The number of methoxy groups -OCH3 is 1. The summed E-state index contributed by atoms with van der Waals surface area (Å²) in [5.41, 5.74) is 1.02. The molecule has 3 rings (SSSR count). The number of rotatable bonds is 3. The second kappa shape index (κ2) is 4.73. The van der Waals surface area contributed by atoms with Crippen molar-refractivity contribution in [1.82, 2.24) is 0 Å². The van der Waals surface area contributed by atoms with Gasteiger partial charge in [-0.1, -0.05) is 5.16 Å². The van der Waals surface area contributed by atoms with Gasteiger partial charge in [0.1, 0.15) is 11.3 Å². The number of benzene rings is 1. The fourth-order valence-electron chi connectivity index (χ4n) is 2.67. The number of oxime groups is 1. The van der Waals surface area contributed by atoms with Gasteiger partial charge in [-0.15, -0.1) is 0 Å². The first-order chi connectivity index (χ1) is 9.91. The molecule has 1 aromatic carbocycles. The third-order valence-corrected chi connectivity index (χ3v) is 5.37. The van der Waals surface area contributed by atoms with Crippen molar-refractivity contribution < 1.29 is 27.9 Å². The lowest BCUT2D eigenvalue weighted by Gasteiger charge is -2.10. The van der Waals surface area contributed by atoms with Gasteiger partial charge in [0.05, 0.1) is 30.2 Å². The average molecular weight is 311 g/mol. The van der Waals surface area contributed by atoms with Gasteiger partial charge in [-0.05, 0) is 18.2 Å². The first-order valence-corrected chi connectivity index (χ1v) is 8.09. The highest BCUT2D eigenvalue weighted by Crippen LogP contribution is 2.32. The average Bonchev–Trinajstić information content (AvgIpc) is 2.92. The summed E-state index contributed by atoms with van der Waals surface area (Å²) in [6.07, 6.45) is -0.472. The zero-order valence-corrected chi connectivity index (χ0v) is 12.0. The van der Waals surface area contributed by atoms with Crippen LogP contribution in [-0.2, 0) is 14.7 Å². The number of fused-ring (bicyclic) bond motifs is 1. The van der Waals surface area contributed by atoms with E-state index in [2.05, 4.69) is 5.16 Å². The first kappa shape index (κ1) is 13.9. The Morgan fingerprint density at radius 2 is 2.19 bits per heavy atom. The lowest BCUT2D eigenvalue weighted by atomic mass is 9.94. The van der Waals surface area contributed by atoms with E-state index in [9.17, 15) is 18.3 Å². The Morgan fingerprint density at radius 1 is 1.43 bits per heavy atom. The lowest BCUT2D eigenvalue weighted by Crippen LogP contribution is -2.22. The van der Waals surface area contributed by atoms with E-state index in [1.807, 2.05) is 0 Å². The van der Waals surface area contributed by atoms with Crippen LogP contribution in [0.3, 0.4) is 0 Å². The largest absolute Gasteiger partial charge is 0.496 e. The summed E-state index contributed by atoms with van der Waals surface area (Å²) in [4.78, 5) is 16.4. The molecular weight excluding hydrogens is 298 g/mol. The molecule has 1 N–H and O–H groups in total. The van der Waals surface area contributed by atoms with E-state index < -0.39 is 21.9 Å². The molecule has 2 aliphatic rings. The van der Waals surface area contributed by atoms with Crippen LogP contribution in [0.25, 0.3) is 0 Å². The van der Waals surface area contributed by atoms with E-state index in [-0.39, 0.29) is 28.7 Å². The topological polar surface area (TPSA) is 102 Å². The van der Waals surface area contributed by atoms with Crippen molar-refractivity contribution in [3.8, 4) is 5.75 Å². The van der Waals surface area contributed by atoms with Gasteiger partial charge in [-0.3, -0.25) is 0 Å². The molecule has 7 nitrogen and oxygen atoms in total. The number of sulfone groups is 1. The number of carboxylic acid groups (broad SMARTS) is 1. The zero-order chi connectivity index (χ0) is 15.2. The highest BCUT2D eigenvalue weighted by Gasteiger charge is 2.46. The molecule has 0 amide bonds. The summed E-state index contributed by atoms with van der Waals surface area (Å²) in [6, 6.07) is 4.61. The summed E-state index contributed by atoms with van der Waals surface area (Å²) < 4.78 is 28.3. The van der Waals surface area contributed by atoms with Gasteiger partial charge < -0.3 is 14.7 Å². The first-order valence-electron chi connectivity index (χ1n) is 6.27. The van der Waals surface area contributed by atoms with Crippen LogP contribution in [0.2, 0.25) is 0 Å². The molecule has 1 aromatic rings. The minimum absolute atomic E-state index is 0.00186. The molecular formula is C13H13NO6S. The lowest BCUT2D eigenvalue weighted by molar-refractivity contribution is 0.0693. The summed E-state index contributed by atoms with van der Waals surface area (Å²) in [7, 11) is -1.75. The smallest absolute Gasteiger partial charge is 0.339 e. The van der Waals surface area contributed by atoms with Crippen molar-refractivity contribution in [2.24, 2.45) is 11.1 Å². The van der Waals surface area contributed by atoms with Crippen LogP contribution in [0.5, 0.6) is 5.75 Å². The van der Waals surface area contributed by atoms with Crippen molar-refractivity contribution in [3.63, 3.8) is 0 Å². The summed E-state index contributed by atoms with van der Waals surface area (Å²) in [6.45, 7) is 0. The second-order valence-corrected chi connectivity index (χ2v) is 7.18. The van der Waals surface area contributed by atoms with Gasteiger partial charge in [0.15, 0.2) is 15.9 Å².